The highest BCUT2D eigenvalue weighted by Crippen LogP contribution is 2.20. The van der Waals surface area contributed by atoms with Gasteiger partial charge in [0.2, 0.25) is 5.88 Å². The number of nitrogens with one attached hydrogen (secondary N) is 1. The van der Waals surface area contributed by atoms with E-state index >= 15 is 0 Å². The fourth-order valence-electron chi connectivity index (χ4n) is 3.88. The quantitative estimate of drug-likeness (QED) is 0.554. The number of likely N-dealkylation sites (tertiary alicyclic amines) is 1. The smallest absolute Gasteiger partial charge is 0.335 e. The molecule has 1 aromatic carbocycles. The lowest BCUT2D eigenvalue weighted by atomic mass is 10.1. The molecule has 156 valence electrons. The van der Waals surface area contributed by atoms with Gasteiger partial charge in [0.1, 0.15) is 5.56 Å². The van der Waals surface area contributed by atoms with Crippen molar-refractivity contribution in [1.82, 2.24) is 14.5 Å². The second-order valence-electron chi connectivity index (χ2n) is 7.52. The van der Waals surface area contributed by atoms with Gasteiger partial charge in [-0.15, -0.1) is 0 Å². The molecule has 0 atom stereocenters. The maximum atomic E-state index is 12.5. The van der Waals surface area contributed by atoms with Crippen LogP contribution in [-0.4, -0.2) is 51.4 Å². The van der Waals surface area contributed by atoms with Crippen molar-refractivity contribution in [2.45, 2.75) is 46.0 Å². The van der Waals surface area contributed by atoms with Crippen molar-refractivity contribution in [3.8, 4) is 11.6 Å². The van der Waals surface area contributed by atoms with Gasteiger partial charge in [-0.3, -0.25) is 14.8 Å². The number of aromatic amines is 1. The number of aromatic hydroxyl groups is 1. The summed E-state index contributed by atoms with van der Waals surface area (Å²) in [5.74, 6) is -0.357. The molecule has 7 nitrogen and oxygen atoms in total. The van der Waals surface area contributed by atoms with E-state index in [1.54, 1.807) is 12.1 Å². The number of aromatic nitrogens is 2. The van der Waals surface area contributed by atoms with Crippen LogP contribution in [0.4, 0.5) is 0 Å². The summed E-state index contributed by atoms with van der Waals surface area (Å²) in [7, 11) is 0. The Labute approximate surface area is 170 Å². The Morgan fingerprint density at radius 2 is 1.90 bits per heavy atom. The van der Waals surface area contributed by atoms with Crippen LogP contribution in [0.1, 0.15) is 50.2 Å². The molecule has 3 rings (SSSR count). The molecule has 0 amide bonds. The minimum Gasteiger partial charge on any atom is -0.493 e. The first-order valence-electron chi connectivity index (χ1n) is 10.4. The summed E-state index contributed by atoms with van der Waals surface area (Å²) in [6.45, 7) is 7.61. The molecule has 0 aliphatic carbocycles. The first kappa shape index (κ1) is 21.0. The van der Waals surface area contributed by atoms with Crippen LogP contribution in [-0.2, 0) is 0 Å². The van der Waals surface area contributed by atoms with Crippen molar-refractivity contribution in [3.63, 3.8) is 0 Å². The van der Waals surface area contributed by atoms with Gasteiger partial charge in [0.15, 0.2) is 0 Å². The fourth-order valence-corrected chi connectivity index (χ4v) is 3.88. The number of hydrogen-bond acceptors (Lipinski definition) is 5. The Morgan fingerprint density at radius 3 is 2.59 bits per heavy atom. The second kappa shape index (κ2) is 9.69. The maximum Gasteiger partial charge on any atom is 0.335 e. The number of nitrogens with zero attached hydrogens (tertiary/aromatic N) is 3. The summed E-state index contributed by atoms with van der Waals surface area (Å²) in [5, 5.41) is 10.8. The van der Waals surface area contributed by atoms with Crippen molar-refractivity contribution in [2.24, 2.45) is 4.99 Å². The fraction of sp³-hybridized carbons (Fsp3) is 0.500. The first-order valence-corrected chi connectivity index (χ1v) is 10.4. The Bertz CT molecular complexity index is 984. The lowest BCUT2D eigenvalue weighted by Gasteiger charge is -2.25. The third-order valence-corrected chi connectivity index (χ3v) is 5.45. The van der Waals surface area contributed by atoms with E-state index < -0.39 is 11.2 Å². The molecule has 29 heavy (non-hydrogen) atoms. The van der Waals surface area contributed by atoms with Gasteiger partial charge >= 0.3 is 5.69 Å². The topological polar surface area (TPSA) is 90.7 Å². The van der Waals surface area contributed by atoms with Crippen LogP contribution in [0.25, 0.3) is 5.69 Å². The number of aliphatic imine (C=N–C) groups is 1. The van der Waals surface area contributed by atoms with Gasteiger partial charge in [0.25, 0.3) is 5.56 Å². The SMILES string of the molecule is CCC(=NCCCN1CCCCC1)c1c(O)n(-c2ccccc2C)c(=O)[nH]c1=O. The molecule has 0 radical (unpaired) electrons. The number of rotatable bonds is 7. The van der Waals surface area contributed by atoms with Crippen LogP contribution in [0, 0.1) is 6.92 Å². The van der Waals surface area contributed by atoms with Crippen LogP contribution in [0.3, 0.4) is 0 Å². The Kier molecular flexibility index (Phi) is 7.04. The molecular weight excluding hydrogens is 368 g/mol. The van der Waals surface area contributed by atoms with E-state index in [9.17, 15) is 14.7 Å². The molecule has 2 heterocycles. The van der Waals surface area contributed by atoms with E-state index in [2.05, 4.69) is 14.9 Å². The zero-order valence-electron chi connectivity index (χ0n) is 17.3. The molecule has 0 bridgehead atoms. The highest BCUT2D eigenvalue weighted by molar-refractivity contribution is 6.02. The number of piperidine rings is 1. The zero-order chi connectivity index (χ0) is 20.8. The molecule has 1 aromatic heterocycles. The van der Waals surface area contributed by atoms with Crippen LogP contribution in [0.2, 0.25) is 0 Å². The summed E-state index contributed by atoms with van der Waals surface area (Å²) in [4.78, 5) is 34.3. The van der Waals surface area contributed by atoms with Crippen molar-refractivity contribution < 1.29 is 5.11 Å². The number of H-pyrrole nitrogens is 1. The third-order valence-electron chi connectivity index (χ3n) is 5.45. The van der Waals surface area contributed by atoms with Crippen LogP contribution < -0.4 is 11.2 Å². The lowest BCUT2D eigenvalue weighted by molar-refractivity contribution is 0.228. The Hall–Kier alpha value is -2.67. The van der Waals surface area contributed by atoms with Gasteiger partial charge in [-0.25, -0.2) is 9.36 Å². The molecule has 0 unspecified atom stereocenters. The summed E-state index contributed by atoms with van der Waals surface area (Å²) in [6, 6.07) is 7.23. The summed E-state index contributed by atoms with van der Waals surface area (Å²) >= 11 is 0. The van der Waals surface area contributed by atoms with Crippen LogP contribution >= 0.6 is 0 Å². The van der Waals surface area contributed by atoms with Crippen molar-refractivity contribution in [1.29, 1.82) is 0 Å². The van der Waals surface area contributed by atoms with E-state index in [-0.39, 0.29) is 11.4 Å². The highest BCUT2D eigenvalue weighted by atomic mass is 16.3. The number of aryl methyl sites for hydroxylation is 1. The van der Waals surface area contributed by atoms with Crippen LogP contribution in [0.5, 0.6) is 5.88 Å². The van der Waals surface area contributed by atoms with Gasteiger partial charge in [-0.05, 0) is 63.9 Å². The standard InChI is InChI=1S/C22H30N4O3/c1-3-17(23-12-9-15-25-13-7-4-8-14-25)19-20(27)24-22(29)26(21(19)28)18-11-6-5-10-16(18)2/h5-6,10-11,28H,3-4,7-9,12-15H2,1-2H3,(H,24,27,29). The third kappa shape index (κ3) is 4.85. The normalized spacial score (nSPS) is 15.6. The number of benzene rings is 1. The molecule has 1 aliphatic heterocycles. The van der Waals surface area contributed by atoms with Gasteiger partial charge in [-0.2, -0.15) is 0 Å². The highest BCUT2D eigenvalue weighted by Gasteiger charge is 2.20. The van der Waals surface area contributed by atoms with E-state index in [1.165, 1.54) is 19.3 Å². The maximum absolute atomic E-state index is 12.5. The van der Waals surface area contributed by atoms with Crippen molar-refractivity contribution in [2.75, 3.05) is 26.2 Å². The van der Waals surface area contributed by atoms with Gasteiger partial charge in [0.05, 0.1) is 11.4 Å². The lowest BCUT2D eigenvalue weighted by Crippen LogP contribution is -2.33. The number of hydrogen-bond donors (Lipinski definition) is 2. The Morgan fingerprint density at radius 1 is 1.17 bits per heavy atom. The molecule has 1 fully saturated rings. The van der Waals surface area contributed by atoms with E-state index in [0.717, 1.165) is 36.2 Å². The minimum atomic E-state index is -0.661. The van der Waals surface area contributed by atoms with Gasteiger partial charge in [0, 0.05) is 6.54 Å². The molecule has 2 N–H and O–H groups in total. The monoisotopic (exact) mass is 398 g/mol. The van der Waals surface area contributed by atoms with Crippen molar-refractivity contribution >= 4 is 5.71 Å². The molecule has 7 heteroatoms. The largest absolute Gasteiger partial charge is 0.493 e. The predicted octanol–water partition coefficient (Wildman–Crippen LogP) is 2.61. The summed E-state index contributed by atoms with van der Waals surface area (Å²) in [6.07, 6.45) is 5.22. The van der Waals surface area contributed by atoms with Crippen LogP contribution in [0.15, 0.2) is 38.8 Å². The average Bonchev–Trinajstić information content (AvgIpc) is 2.71. The van der Waals surface area contributed by atoms with Crippen molar-refractivity contribution in [3.05, 3.63) is 56.2 Å². The van der Waals surface area contributed by atoms with E-state index in [1.807, 2.05) is 26.0 Å². The van der Waals surface area contributed by atoms with E-state index in [4.69, 9.17) is 0 Å². The first-order chi connectivity index (χ1) is 14.0. The molecule has 2 aromatic rings. The zero-order valence-corrected chi connectivity index (χ0v) is 17.3. The Balaban J connectivity index is 1.87. The minimum absolute atomic E-state index is 0.0772. The average molecular weight is 399 g/mol. The van der Waals surface area contributed by atoms with Gasteiger partial charge in [-0.1, -0.05) is 31.5 Å². The summed E-state index contributed by atoms with van der Waals surface area (Å²) < 4.78 is 1.14. The van der Waals surface area contributed by atoms with E-state index in [0.29, 0.717) is 24.4 Å². The molecule has 1 aliphatic rings. The predicted molar refractivity (Wildman–Crippen MR) is 116 cm³/mol. The second-order valence-corrected chi connectivity index (χ2v) is 7.52. The molecular formula is C22H30N4O3. The molecule has 0 spiro atoms. The summed E-state index contributed by atoms with van der Waals surface area (Å²) in [5.41, 5.74) is 0.686. The molecule has 1 saturated heterocycles. The van der Waals surface area contributed by atoms with Gasteiger partial charge < -0.3 is 10.0 Å². The number of para-hydroxylation sites is 1. The molecule has 0 saturated carbocycles.